The SMILES string of the molecule is Cc1cc(C(=O)COC(=O)C(C)NC(=O)C(C)(C)C)c(C)n1CCC(C)C. The van der Waals surface area contributed by atoms with Gasteiger partial charge in [0.05, 0.1) is 0 Å². The van der Waals surface area contributed by atoms with Gasteiger partial charge in [0.25, 0.3) is 0 Å². The summed E-state index contributed by atoms with van der Waals surface area (Å²) in [6, 6.07) is 1.04. The summed E-state index contributed by atoms with van der Waals surface area (Å²) in [5.41, 5.74) is 1.89. The monoisotopic (exact) mass is 378 g/mol. The van der Waals surface area contributed by atoms with Gasteiger partial charge >= 0.3 is 5.97 Å². The van der Waals surface area contributed by atoms with Gasteiger partial charge in [-0.2, -0.15) is 0 Å². The number of nitrogens with one attached hydrogen (secondary N) is 1. The maximum Gasteiger partial charge on any atom is 0.328 e. The van der Waals surface area contributed by atoms with Crippen LogP contribution in [-0.4, -0.2) is 34.9 Å². The Balaban J connectivity index is 2.68. The van der Waals surface area contributed by atoms with Crippen molar-refractivity contribution in [3.8, 4) is 0 Å². The first kappa shape index (κ1) is 22.9. The van der Waals surface area contributed by atoms with Crippen molar-refractivity contribution in [2.75, 3.05) is 6.61 Å². The van der Waals surface area contributed by atoms with Gasteiger partial charge in [-0.05, 0) is 39.2 Å². The van der Waals surface area contributed by atoms with Gasteiger partial charge in [0.2, 0.25) is 11.7 Å². The number of nitrogens with zero attached hydrogens (tertiary/aromatic N) is 1. The molecule has 152 valence electrons. The van der Waals surface area contributed by atoms with Gasteiger partial charge in [-0.1, -0.05) is 34.6 Å². The molecule has 1 atom stereocenters. The quantitative estimate of drug-likeness (QED) is 0.555. The Labute approximate surface area is 162 Å². The van der Waals surface area contributed by atoms with E-state index in [1.165, 1.54) is 0 Å². The molecule has 1 aromatic heterocycles. The number of Topliss-reactive ketones (excluding diaryl/α,β-unsaturated/α-hetero) is 1. The average Bonchev–Trinajstić information content (AvgIpc) is 2.83. The highest BCUT2D eigenvalue weighted by molar-refractivity contribution is 5.99. The van der Waals surface area contributed by atoms with E-state index in [-0.39, 0.29) is 18.3 Å². The third kappa shape index (κ3) is 6.52. The van der Waals surface area contributed by atoms with Crippen molar-refractivity contribution < 1.29 is 19.1 Å². The molecule has 0 spiro atoms. The van der Waals surface area contributed by atoms with Crippen LogP contribution in [0.3, 0.4) is 0 Å². The molecule has 1 amide bonds. The molecule has 0 aromatic carbocycles. The Bertz CT molecular complexity index is 696. The summed E-state index contributed by atoms with van der Waals surface area (Å²) in [5, 5.41) is 2.61. The van der Waals surface area contributed by atoms with Crippen LogP contribution in [0.2, 0.25) is 0 Å². The first-order valence-corrected chi connectivity index (χ1v) is 9.52. The Morgan fingerprint density at radius 2 is 1.74 bits per heavy atom. The molecule has 6 nitrogen and oxygen atoms in total. The molecule has 6 heteroatoms. The highest BCUT2D eigenvalue weighted by Crippen LogP contribution is 2.18. The molecule has 0 aliphatic carbocycles. The first-order valence-electron chi connectivity index (χ1n) is 9.52. The smallest absolute Gasteiger partial charge is 0.328 e. The molecule has 0 fully saturated rings. The lowest BCUT2D eigenvalue weighted by atomic mass is 9.95. The molecular weight excluding hydrogens is 344 g/mol. The lowest BCUT2D eigenvalue weighted by Gasteiger charge is -2.20. The number of aryl methyl sites for hydroxylation is 1. The summed E-state index contributed by atoms with van der Waals surface area (Å²) in [6.07, 6.45) is 1.03. The molecule has 0 saturated heterocycles. The highest BCUT2D eigenvalue weighted by atomic mass is 16.5. The lowest BCUT2D eigenvalue weighted by Crippen LogP contribution is -2.45. The Morgan fingerprint density at radius 1 is 1.15 bits per heavy atom. The lowest BCUT2D eigenvalue weighted by molar-refractivity contribution is -0.147. The summed E-state index contributed by atoms with van der Waals surface area (Å²) >= 11 is 0. The maximum atomic E-state index is 12.5. The Hall–Kier alpha value is -2.11. The zero-order chi connectivity index (χ0) is 20.9. The number of hydrogen-bond acceptors (Lipinski definition) is 4. The van der Waals surface area contributed by atoms with Crippen LogP contribution in [-0.2, 0) is 20.9 Å². The van der Waals surface area contributed by atoms with Crippen molar-refractivity contribution in [1.82, 2.24) is 9.88 Å². The zero-order valence-corrected chi connectivity index (χ0v) is 17.9. The van der Waals surface area contributed by atoms with Crippen molar-refractivity contribution in [2.45, 2.75) is 74.4 Å². The fourth-order valence-electron chi connectivity index (χ4n) is 2.63. The number of hydrogen-bond donors (Lipinski definition) is 1. The van der Waals surface area contributed by atoms with Crippen LogP contribution < -0.4 is 5.32 Å². The van der Waals surface area contributed by atoms with Crippen molar-refractivity contribution >= 4 is 17.7 Å². The van der Waals surface area contributed by atoms with E-state index in [0.29, 0.717) is 11.5 Å². The van der Waals surface area contributed by atoms with Gasteiger partial charge in [-0.3, -0.25) is 9.59 Å². The van der Waals surface area contributed by atoms with E-state index in [1.807, 2.05) is 19.9 Å². The van der Waals surface area contributed by atoms with Crippen LogP contribution in [0, 0.1) is 25.2 Å². The standard InChI is InChI=1S/C21H34N2O4/c1-13(2)9-10-23-14(3)11-17(16(23)5)18(24)12-27-19(25)15(4)22-20(26)21(6,7)8/h11,13,15H,9-10,12H2,1-8H3,(H,22,26). The van der Waals surface area contributed by atoms with Crippen molar-refractivity contribution in [1.29, 1.82) is 0 Å². The predicted octanol–water partition coefficient (Wildman–Crippen LogP) is 3.43. The molecule has 0 aliphatic rings. The number of rotatable bonds is 8. The Morgan fingerprint density at radius 3 is 2.26 bits per heavy atom. The fraction of sp³-hybridized carbons (Fsp3) is 0.667. The van der Waals surface area contributed by atoms with Crippen LogP contribution in [0.5, 0.6) is 0 Å². The van der Waals surface area contributed by atoms with Crippen molar-refractivity contribution in [3.63, 3.8) is 0 Å². The van der Waals surface area contributed by atoms with Gasteiger partial charge in [0, 0.05) is 28.9 Å². The van der Waals surface area contributed by atoms with Gasteiger partial charge in [-0.15, -0.1) is 0 Å². The maximum absolute atomic E-state index is 12.5. The summed E-state index contributed by atoms with van der Waals surface area (Å²) in [4.78, 5) is 36.5. The second kappa shape index (κ2) is 9.20. The minimum Gasteiger partial charge on any atom is -0.456 e. The summed E-state index contributed by atoms with van der Waals surface area (Å²) in [6.45, 7) is 15.6. The molecule has 27 heavy (non-hydrogen) atoms. The van der Waals surface area contributed by atoms with E-state index >= 15 is 0 Å². The average molecular weight is 379 g/mol. The normalized spacial score (nSPS) is 12.8. The molecule has 1 aromatic rings. The van der Waals surface area contributed by atoms with Gasteiger partial charge in [0.15, 0.2) is 6.61 Å². The molecule has 1 unspecified atom stereocenters. The minimum absolute atomic E-state index is 0.235. The van der Waals surface area contributed by atoms with Crippen LogP contribution in [0.1, 0.15) is 69.7 Å². The number of amides is 1. The number of aromatic nitrogens is 1. The van der Waals surface area contributed by atoms with Crippen LogP contribution in [0.4, 0.5) is 0 Å². The minimum atomic E-state index is -0.803. The number of ether oxygens (including phenoxy) is 1. The van der Waals surface area contributed by atoms with Crippen molar-refractivity contribution in [2.24, 2.45) is 11.3 Å². The van der Waals surface area contributed by atoms with Gasteiger partial charge in [0.1, 0.15) is 6.04 Å². The van der Waals surface area contributed by atoms with E-state index in [1.54, 1.807) is 27.7 Å². The fourth-order valence-corrected chi connectivity index (χ4v) is 2.63. The molecule has 0 bridgehead atoms. The summed E-state index contributed by atoms with van der Waals surface area (Å²) < 4.78 is 7.25. The van der Waals surface area contributed by atoms with Gasteiger partial charge in [-0.25, -0.2) is 4.79 Å². The third-order valence-electron chi connectivity index (χ3n) is 4.53. The van der Waals surface area contributed by atoms with E-state index in [2.05, 4.69) is 23.7 Å². The van der Waals surface area contributed by atoms with Gasteiger partial charge < -0.3 is 14.6 Å². The zero-order valence-electron chi connectivity index (χ0n) is 17.9. The molecule has 0 aliphatic heterocycles. The number of esters is 1. The first-order chi connectivity index (χ1) is 12.3. The second-order valence-electron chi connectivity index (χ2n) is 8.60. The second-order valence-corrected chi connectivity index (χ2v) is 8.60. The summed E-state index contributed by atoms with van der Waals surface area (Å²) in [5.74, 6) is -0.515. The molecule has 1 N–H and O–H groups in total. The Kier molecular flexibility index (Phi) is 7.81. The third-order valence-corrected chi connectivity index (χ3v) is 4.53. The topological polar surface area (TPSA) is 77.4 Å². The highest BCUT2D eigenvalue weighted by Gasteiger charge is 2.26. The molecule has 1 rings (SSSR count). The molecule has 1 heterocycles. The van der Waals surface area contributed by atoms with Crippen molar-refractivity contribution in [3.05, 3.63) is 23.0 Å². The molecular formula is C21H34N2O4. The molecule has 0 saturated carbocycles. The van der Waals surface area contributed by atoms with Crippen LogP contribution in [0.25, 0.3) is 0 Å². The summed E-state index contributed by atoms with van der Waals surface area (Å²) in [7, 11) is 0. The van der Waals surface area contributed by atoms with E-state index in [0.717, 1.165) is 24.4 Å². The number of carbonyl (C=O) groups excluding carboxylic acids is 3. The number of carbonyl (C=O) groups is 3. The van der Waals surface area contributed by atoms with E-state index < -0.39 is 17.4 Å². The van der Waals surface area contributed by atoms with E-state index in [4.69, 9.17) is 4.74 Å². The predicted molar refractivity (Wildman–Crippen MR) is 106 cm³/mol. The number of ketones is 1. The van der Waals surface area contributed by atoms with E-state index in [9.17, 15) is 14.4 Å². The van der Waals surface area contributed by atoms with Crippen LogP contribution >= 0.6 is 0 Å². The van der Waals surface area contributed by atoms with Crippen LogP contribution in [0.15, 0.2) is 6.07 Å². The largest absolute Gasteiger partial charge is 0.456 e. The molecule has 0 radical (unpaired) electrons.